The molecule has 4 rings (SSSR count). The first-order chi connectivity index (χ1) is 15.0. The molecule has 1 aromatic heterocycles. The van der Waals surface area contributed by atoms with Crippen molar-refractivity contribution in [3.8, 4) is 11.3 Å². The molecular formula is C24H27N5O2. The second-order valence-corrected chi connectivity index (χ2v) is 7.97. The summed E-state index contributed by atoms with van der Waals surface area (Å²) in [5.74, 6) is 0.187. The Morgan fingerprint density at radius 2 is 1.94 bits per heavy atom. The number of imidazole rings is 1. The van der Waals surface area contributed by atoms with Crippen molar-refractivity contribution in [2.75, 3.05) is 6.54 Å². The van der Waals surface area contributed by atoms with E-state index in [0.717, 1.165) is 41.9 Å². The molecule has 0 saturated carbocycles. The number of carbonyl (C=O) groups is 2. The van der Waals surface area contributed by atoms with Crippen LogP contribution in [0.25, 0.3) is 11.3 Å². The van der Waals surface area contributed by atoms with Crippen LogP contribution in [-0.4, -0.2) is 39.3 Å². The number of aromatic nitrogens is 2. The Bertz CT molecular complexity index is 1060. The molecule has 2 heterocycles. The minimum atomic E-state index is -0.702. The van der Waals surface area contributed by atoms with Crippen molar-refractivity contribution >= 4 is 11.8 Å². The van der Waals surface area contributed by atoms with Crippen LogP contribution >= 0.6 is 0 Å². The van der Waals surface area contributed by atoms with E-state index in [9.17, 15) is 9.59 Å². The van der Waals surface area contributed by atoms with Crippen LogP contribution in [0.3, 0.4) is 0 Å². The zero-order valence-electron chi connectivity index (χ0n) is 17.3. The fourth-order valence-corrected chi connectivity index (χ4v) is 4.16. The number of nitrogens with one attached hydrogen (secondary N) is 1. The Hall–Kier alpha value is -3.45. The van der Waals surface area contributed by atoms with Crippen LogP contribution < -0.4 is 11.5 Å². The van der Waals surface area contributed by atoms with Gasteiger partial charge < -0.3 is 21.4 Å². The van der Waals surface area contributed by atoms with E-state index >= 15 is 0 Å². The Balaban J connectivity index is 1.50. The molecule has 1 saturated heterocycles. The van der Waals surface area contributed by atoms with E-state index in [0.29, 0.717) is 18.5 Å². The van der Waals surface area contributed by atoms with Gasteiger partial charge in [0.1, 0.15) is 5.82 Å². The van der Waals surface area contributed by atoms with Crippen LogP contribution in [0.4, 0.5) is 0 Å². The molecule has 0 aliphatic carbocycles. The van der Waals surface area contributed by atoms with Gasteiger partial charge in [-0.15, -0.1) is 0 Å². The second kappa shape index (κ2) is 9.14. The first-order valence-electron chi connectivity index (χ1n) is 10.6. The Labute approximate surface area is 181 Å². The predicted molar refractivity (Wildman–Crippen MR) is 119 cm³/mol. The highest BCUT2D eigenvalue weighted by Crippen LogP contribution is 2.31. The number of amides is 2. The normalized spacial score (nSPS) is 17.3. The summed E-state index contributed by atoms with van der Waals surface area (Å²) in [4.78, 5) is 34.5. The average Bonchev–Trinajstić information content (AvgIpc) is 3.29. The monoisotopic (exact) mass is 417 g/mol. The molecule has 3 aromatic rings. The van der Waals surface area contributed by atoms with Gasteiger partial charge in [0.15, 0.2) is 0 Å². The lowest BCUT2D eigenvalue weighted by Crippen LogP contribution is -2.48. The number of likely N-dealkylation sites (tertiary alicyclic amines) is 1. The Morgan fingerprint density at radius 1 is 1.13 bits per heavy atom. The van der Waals surface area contributed by atoms with Crippen molar-refractivity contribution in [1.29, 1.82) is 0 Å². The first-order valence-corrected chi connectivity index (χ1v) is 10.6. The van der Waals surface area contributed by atoms with Gasteiger partial charge in [-0.1, -0.05) is 42.5 Å². The van der Waals surface area contributed by atoms with Gasteiger partial charge in [0, 0.05) is 12.1 Å². The van der Waals surface area contributed by atoms with E-state index < -0.39 is 11.9 Å². The van der Waals surface area contributed by atoms with Crippen LogP contribution in [0.1, 0.15) is 47.1 Å². The molecule has 1 fully saturated rings. The number of H-pyrrole nitrogens is 1. The van der Waals surface area contributed by atoms with Crippen molar-refractivity contribution in [3.63, 3.8) is 0 Å². The second-order valence-electron chi connectivity index (χ2n) is 7.97. The number of benzene rings is 2. The van der Waals surface area contributed by atoms with Crippen LogP contribution in [-0.2, 0) is 11.2 Å². The summed E-state index contributed by atoms with van der Waals surface area (Å²) < 4.78 is 0. The highest BCUT2D eigenvalue weighted by molar-refractivity contribution is 5.93. The van der Waals surface area contributed by atoms with E-state index in [1.165, 1.54) is 0 Å². The minimum absolute atomic E-state index is 0.105. The lowest BCUT2D eigenvalue weighted by Gasteiger charge is -2.36. The molecular weight excluding hydrogens is 390 g/mol. The van der Waals surface area contributed by atoms with Gasteiger partial charge in [0.25, 0.3) is 0 Å². The van der Waals surface area contributed by atoms with Crippen LogP contribution in [0.15, 0.2) is 60.8 Å². The third-order valence-corrected chi connectivity index (χ3v) is 5.77. The predicted octanol–water partition coefficient (Wildman–Crippen LogP) is 2.80. The number of aromatic amines is 1. The topological polar surface area (TPSA) is 118 Å². The summed E-state index contributed by atoms with van der Waals surface area (Å²) in [6.07, 6.45) is 4.98. The van der Waals surface area contributed by atoms with Crippen LogP contribution in [0.5, 0.6) is 0 Å². The third-order valence-electron chi connectivity index (χ3n) is 5.77. The number of primary amides is 1. The SMILES string of the molecule is NC(=O)c1cccc(C[C@H](N)C(=O)N2CCCC[C@H]2c2ncc(-c3ccccc3)[nH]2)c1. The zero-order valence-corrected chi connectivity index (χ0v) is 17.3. The molecule has 0 radical (unpaired) electrons. The molecule has 0 unspecified atom stereocenters. The maximum atomic E-state index is 13.2. The number of carbonyl (C=O) groups excluding carboxylic acids is 2. The lowest BCUT2D eigenvalue weighted by atomic mass is 9.98. The average molecular weight is 418 g/mol. The largest absolute Gasteiger partial charge is 0.366 e. The van der Waals surface area contributed by atoms with Gasteiger partial charge in [-0.3, -0.25) is 9.59 Å². The summed E-state index contributed by atoms with van der Waals surface area (Å²) in [5, 5.41) is 0. The van der Waals surface area contributed by atoms with Gasteiger partial charge in [-0.25, -0.2) is 4.98 Å². The van der Waals surface area contributed by atoms with Crippen molar-refractivity contribution in [2.45, 2.75) is 37.8 Å². The molecule has 1 aliphatic rings. The van der Waals surface area contributed by atoms with Crippen molar-refractivity contribution in [2.24, 2.45) is 11.5 Å². The zero-order chi connectivity index (χ0) is 21.8. The number of nitrogens with zero attached hydrogens (tertiary/aromatic N) is 2. The molecule has 160 valence electrons. The molecule has 2 atom stereocenters. The Morgan fingerprint density at radius 3 is 2.71 bits per heavy atom. The standard InChI is InChI=1S/C24H27N5O2/c25-19(14-16-7-6-10-18(13-16)22(26)30)24(31)29-12-5-4-11-21(29)23-27-15-20(28-23)17-8-2-1-3-9-17/h1-3,6-10,13,15,19,21H,4-5,11-12,14,25H2,(H2,26,30)(H,27,28)/t19-,21-/m0/s1. The van der Waals surface area contributed by atoms with Crippen molar-refractivity contribution in [3.05, 3.63) is 77.7 Å². The van der Waals surface area contributed by atoms with Crippen LogP contribution in [0, 0.1) is 0 Å². The summed E-state index contributed by atoms with van der Waals surface area (Å²) >= 11 is 0. The molecule has 0 bridgehead atoms. The Kier molecular flexibility index (Phi) is 6.13. The summed E-state index contributed by atoms with van der Waals surface area (Å²) in [5.41, 5.74) is 14.9. The lowest BCUT2D eigenvalue weighted by molar-refractivity contribution is -0.136. The van der Waals surface area contributed by atoms with Crippen LogP contribution in [0.2, 0.25) is 0 Å². The quantitative estimate of drug-likeness (QED) is 0.571. The molecule has 31 heavy (non-hydrogen) atoms. The summed E-state index contributed by atoms with van der Waals surface area (Å²) in [6, 6.07) is 16.1. The molecule has 5 N–H and O–H groups in total. The minimum Gasteiger partial charge on any atom is -0.366 e. The fraction of sp³-hybridized carbons (Fsp3) is 0.292. The molecule has 0 spiro atoms. The smallest absolute Gasteiger partial charge is 0.248 e. The van der Waals surface area contributed by atoms with Crippen molar-refractivity contribution < 1.29 is 9.59 Å². The van der Waals surface area contributed by atoms with Crippen molar-refractivity contribution in [1.82, 2.24) is 14.9 Å². The summed E-state index contributed by atoms with van der Waals surface area (Å²) in [6.45, 7) is 0.653. The summed E-state index contributed by atoms with van der Waals surface area (Å²) in [7, 11) is 0. The number of rotatable bonds is 6. The maximum Gasteiger partial charge on any atom is 0.248 e. The molecule has 2 amide bonds. The van der Waals surface area contributed by atoms with Gasteiger partial charge in [-0.2, -0.15) is 0 Å². The number of nitrogens with two attached hydrogens (primary N) is 2. The van der Waals surface area contributed by atoms with E-state index in [4.69, 9.17) is 11.5 Å². The molecule has 7 heteroatoms. The molecule has 2 aromatic carbocycles. The molecule has 1 aliphatic heterocycles. The maximum absolute atomic E-state index is 13.2. The fourth-order valence-electron chi connectivity index (χ4n) is 4.16. The highest BCUT2D eigenvalue weighted by Gasteiger charge is 2.32. The van der Waals surface area contributed by atoms with Gasteiger partial charge in [-0.05, 0) is 48.9 Å². The van der Waals surface area contributed by atoms with Gasteiger partial charge in [0.05, 0.1) is 24.0 Å². The first kappa shape index (κ1) is 20.8. The number of hydrogen-bond donors (Lipinski definition) is 3. The molecule has 7 nitrogen and oxygen atoms in total. The third kappa shape index (κ3) is 4.67. The number of hydrogen-bond acceptors (Lipinski definition) is 4. The van der Waals surface area contributed by atoms with Gasteiger partial charge in [0.2, 0.25) is 11.8 Å². The van der Waals surface area contributed by atoms with E-state index in [-0.39, 0.29) is 11.9 Å². The van der Waals surface area contributed by atoms with E-state index in [1.54, 1.807) is 18.2 Å². The van der Waals surface area contributed by atoms with E-state index in [2.05, 4.69) is 9.97 Å². The number of piperidine rings is 1. The van der Waals surface area contributed by atoms with E-state index in [1.807, 2.05) is 47.5 Å². The highest BCUT2D eigenvalue weighted by atomic mass is 16.2. The van der Waals surface area contributed by atoms with Gasteiger partial charge >= 0.3 is 0 Å².